The Bertz CT molecular complexity index is 708. The number of carbonyl (C=O) groups excluding carboxylic acids is 1. The number of amides is 1. The minimum absolute atomic E-state index is 0.00543. The van der Waals surface area contributed by atoms with Crippen LogP contribution in [-0.4, -0.2) is 22.3 Å². The number of aromatic hydroxyl groups is 2. The zero-order chi connectivity index (χ0) is 16.8. The molecule has 122 valence electrons. The van der Waals surface area contributed by atoms with Gasteiger partial charge in [0.25, 0.3) is 0 Å². The van der Waals surface area contributed by atoms with Crippen LogP contribution in [0.2, 0.25) is 0 Å². The van der Waals surface area contributed by atoms with Crippen molar-refractivity contribution in [2.24, 2.45) is 21.8 Å². The molecular formula is C18H22N2O3. The van der Waals surface area contributed by atoms with Gasteiger partial charge in [-0.05, 0) is 42.7 Å². The van der Waals surface area contributed by atoms with Crippen molar-refractivity contribution >= 4 is 12.1 Å². The first-order chi connectivity index (χ1) is 10.8. The lowest BCUT2D eigenvalue weighted by atomic mass is 9.68. The molecule has 0 saturated heterocycles. The van der Waals surface area contributed by atoms with Crippen LogP contribution >= 0.6 is 0 Å². The predicted octanol–water partition coefficient (Wildman–Crippen LogP) is 2.93. The van der Waals surface area contributed by atoms with Crippen molar-refractivity contribution in [1.82, 2.24) is 5.43 Å². The molecule has 0 unspecified atom stereocenters. The van der Waals surface area contributed by atoms with Gasteiger partial charge in [-0.25, -0.2) is 5.43 Å². The number of hydrazone groups is 1. The molecule has 0 aromatic heterocycles. The molecule has 0 aliphatic heterocycles. The van der Waals surface area contributed by atoms with E-state index in [2.05, 4.69) is 31.0 Å². The fraction of sp³-hybridized carbons (Fsp3) is 0.444. The molecular weight excluding hydrogens is 292 g/mol. The van der Waals surface area contributed by atoms with Crippen LogP contribution in [0.4, 0.5) is 0 Å². The number of hydrogen-bond acceptors (Lipinski definition) is 4. The summed E-state index contributed by atoms with van der Waals surface area (Å²) in [4.78, 5) is 12.7. The number of rotatable bonds is 3. The maximum Gasteiger partial charge on any atom is 0.250 e. The van der Waals surface area contributed by atoms with Crippen molar-refractivity contribution in [3.8, 4) is 11.5 Å². The third-order valence-electron chi connectivity index (χ3n) is 5.71. The topological polar surface area (TPSA) is 81.9 Å². The van der Waals surface area contributed by atoms with E-state index in [0.717, 1.165) is 24.8 Å². The zero-order valence-corrected chi connectivity index (χ0v) is 13.5. The van der Waals surface area contributed by atoms with Gasteiger partial charge < -0.3 is 10.2 Å². The van der Waals surface area contributed by atoms with Crippen molar-refractivity contribution in [3.05, 3.63) is 35.9 Å². The lowest BCUT2D eigenvalue weighted by molar-refractivity contribution is -0.128. The zero-order valence-electron chi connectivity index (χ0n) is 13.5. The molecule has 1 amide bonds. The molecule has 1 aromatic carbocycles. The first-order valence-corrected chi connectivity index (χ1v) is 7.83. The highest BCUT2D eigenvalue weighted by molar-refractivity contribution is 5.89. The molecule has 2 atom stereocenters. The molecule has 2 aliphatic carbocycles. The van der Waals surface area contributed by atoms with Gasteiger partial charge >= 0.3 is 0 Å². The van der Waals surface area contributed by atoms with Crippen molar-refractivity contribution < 1.29 is 15.0 Å². The minimum atomic E-state index is -0.511. The fourth-order valence-corrected chi connectivity index (χ4v) is 4.05. The van der Waals surface area contributed by atoms with Gasteiger partial charge in [0.15, 0.2) is 0 Å². The summed E-state index contributed by atoms with van der Waals surface area (Å²) in [5.41, 5.74) is 3.51. The highest BCUT2D eigenvalue weighted by Crippen LogP contribution is 2.65. The van der Waals surface area contributed by atoms with Gasteiger partial charge in [-0.1, -0.05) is 26.0 Å². The van der Waals surface area contributed by atoms with Gasteiger partial charge in [-0.3, -0.25) is 4.79 Å². The lowest BCUT2D eigenvalue weighted by Crippen LogP contribution is -2.39. The predicted molar refractivity (Wildman–Crippen MR) is 88.2 cm³/mol. The van der Waals surface area contributed by atoms with Crippen LogP contribution in [0, 0.1) is 16.7 Å². The van der Waals surface area contributed by atoms with E-state index in [1.807, 2.05) is 0 Å². The number of fused-ring (bicyclic) bond motifs is 2. The van der Waals surface area contributed by atoms with Gasteiger partial charge in [0.05, 0.1) is 11.6 Å². The van der Waals surface area contributed by atoms with Gasteiger partial charge in [0.2, 0.25) is 5.91 Å². The van der Waals surface area contributed by atoms with E-state index < -0.39 is 5.41 Å². The summed E-state index contributed by atoms with van der Waals surface area (Å²) in [5.74, 6) is 0.272. The number of nitrogens with one attached hydrogen (secondary N) is 1. The Morgan fingerprint density at radius 3 is 2.78 bits per heavy atom. The monoisotopic (exact) mass is 314 g/mol. The first-order valence-electron chi connectivity index (χ1n) is 7.83. The molecule has 2 aliphatic rings. The molecule has 3 rings (SSSR count). The Hall–Kier alpha value is -2.30. The number of nitrogens with zero attached hydrogens (tertiary/aromatic N) is 1. The molecule has 3 N–H and O–H groups in total. The van der Waals surface area contributed by atoms with Crippen LogP contribution in [0.1, 0.15) is 38.7 Å². The number of phenols is 2. The van der Waals surface area contributed by atoms with Gasteiger partial charge in [-0.15, -0.1) is 0 Å². The van der Waals surface area contributed by atoms with Crippen molar-refractivity contribution in [3.63, 3.8) is 0 Å². The van der Waals surface area contributed by atoms with E-state index in [-0.39, 0.29) is 22.8 Å². The summed E-state index contributed by atoms with van der Waals surface area (Å²) in [6, 6.07) is 4.21. The third-order valence-corrected chi connectivity index (χ3v) is 5.71. The van der Waals surface area contributed by atoms with E-state index in [9.17, 15) is 15.0 Å². The number of carbonyl (C=O) groups is 1. The van der Waals surface area contributed by atoms with Crippen LogP contribution in [0.3, 0.4) is 0 Å². The summed E-state index contributed by atoms with van der Waals surface area (Å²) in [7, 11) is 0. The second kappa shape index (κ2) is 5.11. The molecule has 2 saturated carbocycles. The highest BCUT2D eigenvalue weighted by atomic mass is 16.3. The molecule has 23 heavy (non-hydrogen) atoms. The van der Waals surface area contributed by atoms with Crippen LogP contribution in [-0.2, 0) is 4.79 Å². The maximum absolute atomic E-state index is 12.7. The van der Waals surface area contributed by atoms with Crippen LogP contribution in [0.15, 0.2) is 35.5 Å². The summed E-state index contributed by atoms with van der Waals surface area (Å²) < 4.78 is 0. The summed E-state index contributed by atoms with van der Waals surface area (Å²) in [5, 5.41) is 22.9. The van der Waals surface area contributed by atoms with Crippen molar-refractivity contribution in [1.29, 1.82) is 0 Å². The van der Waals surface area contributed by atoms with Crippen molar-refractivity contribution in [2.75, 3.05) is 0 Å². The van der Waals surface area contributed by atoms with Gasteiger partial charge in [0, 0.05) is 11.6 Å². The molecule has 2 fully saturated rings. The lowest BCUT2D eigenvalue weighted by Gasteiger charge is -2.36. The Morgan fingerprint density at radius 2 is 2.17 bits per heavy atom. The Balaban J connectivity index is 1.73. The molecule has 0 spiro atoms. The third kappa shape index (κ3) is 2.31. The molecule has 5 nitrogen and oxygen atoms in total. The van der Waals surface area contributed by atoms with E-state index in [1.54, 1.807) is 0 Å². The van der Waals surface area contributed by atoms with E-state index in [1.165, 1.54) is 24.4 Å². The van der Waals surface area contributed by atoms with E-state index >= 15 is 0 Å². The molecule has 0 heterocycles. The number of hydrogen-bond donors (Lipinski definition) is 3. The second-order valence-corrected chi connectivity index (χ2v) is 7.16. The highest BCUT2D eigenvalue weighted by Gasteiger charge is 2.60. The molecule has 5 heteroatoms. The average molecular weight is 314 g/mol. The summed E-state index contributed by atoms with van der Waals surface area (Å²) >= 11 is 0. The summed E-state index contributed by atoms with van der Waals surface area (Å²) in [6.07, 6.45) is 4.08. The van der Waals surface area contributed by atoms with Gasteiger partial charge in [0.1, 0.15) is 11.5 Å². The molecule has 1 aromatic rings. The first kappa shape index (κ1) is 15.6. The molecule has 2 bridgehead atoms. The van der Waals surface area contributed by atoms with E-state index in [0.29, 0.717) is 11.5 Å². The Kier molecular flexibility index (Phi) is 3.47. The number of phenolic OH excluding ortho intramolecular Hbond substituents is 2. The largest absolute Gasteiger partial charge is 0.508 e. The fourth-order valence-electron chi connectivity index (χ4n) is 4.05. The SMILES string of the molecule is C=C1C(C)(C)[C@@H]2CC[C@]1(C(=O)N/N=C\c1ccc(O)cc1O)C2. The number of benzene rings is 1. The average Bonchev–Trinajstić information content (AvgIpc) is 3.01. The van der Waals surface area contributed by atoms with E-state index in [4.69, 9.17) is 0 Å². The standard InChI is InChI=1S/C18H22N2O3/c1-11-17(2,3)13-6-7-18(11,9-13)16(23)20-19-10-12-4-5-14(21)8-15(12)22/h4-5,8,10,13,21-22H,1,6-7,9H2,2-3H3,(H,20,23)/b19-10-/t13-,18+/m1/s1. The van der Waals surface area contributed by atoms with Gasteiger partial charge in [-0.2, -0.15) is 5.10 Å². The maximum atomic E-state index is 12.7. The van der Waals surface area contributed by atoms with Crippen LogP contribution in [0.25, 0.3) is 0 Å². The minimum Gasteiger partial charge on any atom is -0.508 e. The second-order valence-electron chi connectivity index (χ2n) is 7.16. The van der Waals surface area contributed by atoms with Crippen LogP contribution < -0.4 is 5.43 Å². The van der Waals surface area contributed by atoms with Crippen LogP contribution in [0.5, 0.6) is 11.5 Å². The molecule has 0 radical (unpaired) electrons. The Morgan fingerprint density at radius 1 is 1.43 bits per heavy atom. The Labute approximate surface area is 135 Å². The normalized spacial score (nSPS) is 28.4. The quantitative estimate of drug-likeness (QED) is 0.456. The van der Waals surface area contributed by atoms with Crippen molar-refractivity contribution in [2.45, 2.75) is 33.1 Å². The smallest absolute Gasteiger partial charge is 0.250 e. The summed E-state index contributed by atoms with van der Waals surface area (Å²) in [6.45, 7) is 8.51.